The van der Waals surface area contributed by atoms with E-state index < -0.39 is 5.82 Å². The largest absolute Gasteiger partial charge is 0.497 e. The van der Waals surface area contributed by atoms with Crippen molar-refractivity contribution >= 4 is 0 Å². The molecular weight excluding hydrogens is 271 g/mol. The summed E-state index contributed by atoms with van der Waals surface area (Å²) in [6.07, 6.45) is 0. The summed E-state index contributed by atoms with van der Waals surface area (Å²) < 4.78 is 24.5. The first-order valence-electron chi connectivity index (χ1n) is 6.35. The molecule has 0 aromatic heterocycles. The van der Waals surface area contributed by atoms with Crippen molar-refractivity contribution in [2.24, 2.45) is 5.73 Å². The lowest BCUT2D eigenvalue weighted by atomic mass is 10.1. The number of nitrogens with zero attached hydrogens (tertiary/aromatic N) is 1. The normalized spacial score (nSPS) is 11.6. The molecule has 1 atom stereocenters. The molecule has 2 rings (SSSR count). The van der Waals surface area contributed by atoms with E-state index in [1.165, 1.54) is 25.3 Å². The fourth-order valence-corrected chi connectivity index (χ4v) is 1.82. The monoisotopic (exact) mass is 286 g/mol. The van der Waals surface area contributed by atoms with Crippen molar-refractivity contribution in [3.05, 3.63) is 53.3 Å². The van der Waals surface area contributed by atoms with E-state index >= 15 is 0 Å². The van der Waals surface area contributed by atoms with Gasteiger partial charge in [-0.05, 0) is 36.8 Å². The van der Waals surface area contributed by atoms with Gasteiger partial charge in [-0.3, -0.25) is 0 Å². The van der Waals surface area contributed by atoms with Gasteiger partial charge in [-0.2, -0.15) is 5.26 Å². The quantitative estimate of drug-likeness (QED) is 0.933. The molecule has 0 amide bonds. The van der Waals surface area contributed by atoms with Crippen molar-refractivity contribution in [1.82, 2.24) is 0 Å². The molecule has 0 saturated heterocycles. The molecule has 0 spiro atoms. The summed E-state index contributed by atoms with van der Waals surface area (Å²) >= 11 is 0. The molecule has 108 valence electrons. The molecule has 0 saturated carbocycles. The number of hydrogen-bond donors (Lipinski definition) is 1. The number of hydrogen-bond acceptors (Lipinski definition) is 4. The van der Waals surface area contributed by atoms with Gasteiger partial charge in [-0.15, -0.1) is 0 Å². The van der Waals surface area contributed by atoms with E-state index in [1.807, 2.05) is 6.07 Å². The first-order chi connectivity index (χ1) is 10.0. The molecule has 4 nitrogen and oxygen atoms in total. The summed E-state index contributed by atoms with van der Waals surface area (Å²) in [6.45, 7) is 1.77. The Morgan fingerprint density at radius 2 is 1.90 bits per heavy atom. The maximum Gasteiger partial charge on any atom is 0.166 e. The fraction of sp³-hybridized carbons (Fsp3) is 0.188. The molecular formula is C16H15FN2O2. The molecule has 0 heterocycles. The molecule has 2 N–H and O–H groups in total. The summed E-state index contributed by atoms with van der Waals surface area (Å²) in [7, 11) is 1.48. The van der Waals surface area contributed by atoms with Crippen LogP contribution >= 0.6 is 0 Å². The average molecular weight is 286 g/mol. The van der Waals surface area contributed by atoms with Gasteiger partial charge in [0.2, 0.25) is 0 Å². The van der Waals surface area contributed by atoms with Crippen LogP contribution in [0.25, 0.3) is 0 Å². The van der Waals surface area contributed by atoms with Gasteiger partial charge in [0.15, 0.2) is 11.6 Å². The van der Waals surface area contributed by atoms with Crippen LogP contribution in [0.1, 0.15) is 24.1 Å². The third kappa shape index (κ3) is 3.50. The van der Waals surface area contributed by atoms with Crippen molar-refractivity contribution in [3.63, 3.8) is 0 Å². The summed E-state index contributed by atoms with van der Waals surface area (Å²) in [6, 6.07) is 11.0. The topological polar surface area (TPSA) is 68.3 Å². The van der Waals surface area contributed by atoms with E-state index in [0.29, 0.717) is 22.6 Å². The van der Waals surface area contributed by atoms with Crippen LogP contribution in [0, 0.1) is 17.1 Å². The van der Waals surface area contributed by atoms with Crippen molar-refractivity contribution in [2.45, 2.75) is 13.0 Å². The number of nitriles is 1. The predicted molar refractivity (Wildman–Crippen MR) is 76.8 cm³/mol. The lowest BCUT2D eigenvalue weighted by molar-refractivity contribution is 0.405. The van der Waals surface area contributed by atoms with Crippen LogP contribution in [0.5, 0.6) is 17.2 Å². The van der Waals surface area contributed by atoms with Crippen molar-refractivity contribution in [2.75, 3.05) is 7.11 Å². The second kappa shape index (κ2) is 6.25. The Balaban J connectivity index is 2.32. The number of nitrogens with two attached hydrogens (primary N) is 1. The second-order valence-electron chi connectivity index (χ2n) is 4.59. The molecule has 0 bridgehead atoms. The molecule has 0 radical (unpaired) electrons. The highest BCUT2D eigenvalue weighted by molar-refractivity contribution is 5.45. The van der Waals surface area contributed by atoms with Gasteiger partial charge in [0.1, 0.15) is 11.5 Å². The SMILES string of the molecule is COc1cc(C#N)cc(Oc2ccc(C(C)N)cc2F)c1. The fourth-order valence-electron chi connectivity index (χ4n) is 1.82. The maximum atomic E-state index is 14.0. The molecule has 2 aromatic rings. The van der Waals surface area contributed by atoms with Gasteiger partial charge < -0.3 is 15.2 Å². The Kier molecular flexibility index (Phi) is 4.41. The van der Waals surface area contributed by atoms with Crippen LogP contribution in [0.15, 0.2) is 36.4 Å². The zero-order valence-corrected chi connectivity index (χ0v) is 11.8. The number of halogens is 1. The van der Waals surface area contributed by atoms with Crippen molar-refractivity contribution in [1.29, 1.82) is 5.26 Å². The van der Waals surface area contributed by atoms with Gasteiger partial charge in [0, 0.05) is 12.1 Å². The highest BCUT2D eigenvalue weighted by atomic mass is 19.1. The lowest BCUT2D eigenvalue weighted by Gasteiger charge is -2.11. The molecule has 2 aromatic carbocycles. The smallest absolute Gasteiger partial charge is 0.166 e. The molecule has 0 aliphatic carbocycles. The number of rotatable bonds is 4. The van der Waals surface area contributed by atoms with E-state index in [1.54, 1.807) is 25.1 Å². The standard InChI is InChI=1S/C16H15FN2O2/c1-10(19)12-3-4-16(15(17)7-12)21-14-6-11(9-18)5-13(8-14)20-2/h3-8,10H,19H2,1-2H3. The van der Waals surface area contributed by atoms with E-state index in [0.717, 1.165) is 0 Å². The highest BCUT2D eigenvalue weighted by Crippen LogP contribution is 2.29. The van der Waals surface area contributed by atoms with E-state index in [2.05, 4.69) is 0 Å². The molecule has 0 aliphatic heterocycles. The minimum absolute atomic E-state index is 0.0662. The third-order valence-corrected chi connectivity index (χ3v) is 2.95. The van der Waals surface area contributed by atoms with Crippen LogP contribution in [-0.2, 0) is 0 Å². The minimum Gasteiger partial charge on any atom is -0.497 e. The Bertz CT molecular complexity index is 693. The van der Waals surface area contributed by atoms with Gasteiger partial charge in [-0.1, -0.05) is 6.07 Å². The van der Waals surface area contributed by atoms with E-state index in [4.69, 9.17) is 20.5 Å². The van der Waals surface area contributed by atoms with E-state index in [-0.39, 0.29) is 11.8 Å². The summed E-state index contributed by atoms with van der Waals surface area (Å²) in [5, 5.41) is 8.95. The van der Waals surface area contributed by atoms with Crippen LogP contribution < -0.4 is 15.2 Å². The van der Waals surface area contributed by atoms with Crippen LogP contribution in [0.4, 0.5) is 4.39 Å². The minimum atomic E-state index is -0.508. The van der Waals surface area contributed by atoms with Gasteiger partial charge in [0.05, 0.1) is 18.7 Å². The molecule has 1 unspecified atom stereocenters. The van der Waals surface area contributed by atoms with Gasteiger partial charge in [-0.25, -0.2) is 4.39 Å². The third-order valence-electron chi connectivity index (χ3n) is 2.95. The summed E-state index contributed by atoms with van der Waals surface area (Å²) in [5.41, 5.74) is 6.76. The Labute approximate surface area is 122 Å². The van der Waals surface area contributed by atoms with E-state index in [9.17, 15) is 4.39 Å². The number of methoxy groups -OCH3 is 1. The Hall–Kier alpha value is -2.58. The Morgan fingerprint density at radius 1 is 1.19 bits per heavy atom. The van der Waals surface area contributed by atoms with Gasteiger partial charge >= 0.3 is 0 Å². The van der Waals surface area contributed by atoms with Crippen LogP contribution in [0.2, 0.25) is 0 Å². The zero-order valence-electron chi connectivity index (χ0n) is 11.8. The highest BCUT2D eigenvalue weighted by Gasteiger charge is 2.10. The number of benzene rings is 2. The van der Waals surface area contributed by atoms with Crippen LogP contribution in [-0.4, -0.2) is 7.11 Å². The lowest BCUT2D eigenvalue weighted by Crippen LogP contribution is -2.05. The summed E-state index contributed by atoms with van der Waals surface area (Å²) in [4.78, 5) is 0. The predicted octanol–water partition coefficient (Wildman–Crippen LogP) is 3.52. The van der Waals surface area contributed by atoms with Crippen molar-refractivity contribution < 1.29 is 13.9 Å². The van der Waals surface area contributed by atoms with Crippen LogP contribution in [0.3, 0.4) is 0 Å². The first-order valence-corrected chi connectivity index (χ1v) is 6.35. The average Bonchev–Trinajstić information content (AvgIpc) is 2.48. The van der Waals surface area contributed by atoms with Gasteiger partial charge in [0.25, 0.3) is 0 Å². The van der Waals surface area contributed by atoms with Crippen molar-refractivity contribution in [3.8, 4) is 23.3 Å². The molecule has 0 fully saturated rings. The zero-order chi connectivity index (χ0) is 15.4. The second-order valence-corrected chi connectivity index (χ2v) is 4.59. The maximum absolute atomic E-state index is 14.0. The Morgan fingerprint density at radius 3 is 2.48 bits per heavy atom. The summed E-state index contributed by atoms with van der Waals surface area (Å²) in [5.74, 6) is 0.359. The molecule has 21 heavy (non-hydrogen) atoms. The first kappa shape index (κ1) is 14.8. The molecule has 0 aliphatic rings. The molecule has 5 heteroatoms. The number of ether oxygens (including phenoxy) is 2.